The molecule has 0 aromatic heterocycles. The molecule has 3 aromatic carbocycles. The Morgan fingerprint density at radius 3 is 2.15 bits per heavy atom. The third-order valence-electron chi connectivity index (χ3n) is 5.81. The van der Waals surface area contributed by atoms with Gasteiger partial charge in [-0.3, -0.25) is 9.59 Å². The topological polar surface area (TPSA) is 49.4 Å². The van der Waals surface area contributed by atoms with Gasteiger partial charge in [0.25, 0.3) is 0 Å². The van der Waals surface area contributed by atoms with Gasteiger partial charge in [0, 0.05) is 28.5 Å². The van der Waals surface area contributed by atoms with Crippen LogP contribution in [-0.4, -0.2) is 28.8 Å². The third-order valence-corrected chi connectivity index (χ3v) is 6.59. The Kier molecular flexibility index (Phi) is 9.73. The summed E-state index contributed by atoms with van der Waals surface area (Å²) in [7, 11) is 0. The van der Waals surface area contributed by atoms with Crippen LogP contribution >= 0.6 is 27.5 Å². The van der Waals surface area contributed by atoms with Crippen molar-refractivity contribution in [1.82, 2.24) is 10.2 Å². The van der Waals surface area contributed by atoms with E-state index in [1.54, 1.807) is 17.0 Å². The van der Waals surface area contributed by atoms with Gasteiger partial charge in [0.15, 0.2) is 0 Å². The number of rotatable bonds is 10. The van der Waals surface area contributed by atoms with Crippen molar-refractivity contribution < 1.29 is 9.59 Å². The van der Waals surface area contributed by atoms with Crippen molar-refractivity contribution in [3.8, 4) is 0 Å². The van der Waals surface area contributed by atoms with Gasteiger partial charge in [-0.25, -0.2) is 0 Å². The summed E-state index contributed by atoms with van der Waals surface area (Å²) in [6.07, 6.45) is 1.44. The Balaban J connectivity index is 1.95. The molecule has 0 aliphatic heterocycles. The molecule has 4 nitrogen and oxygen atoms in total. The number of amides is 2. The van der Waals surface area contributed by atoms with Gasteiger partial charge in [-0.05, 0) is 54.3 Å². The van der Waals surface area contributed by atoms with Crippen molar-refractivity contribution in [2.24, 2.45) is 0 Å². The predicted octanol–water partition coefficient (Wildman–Crippen LogP) is 6.20. The van der Waals surface area contributed by atoms with Gasteiger partial charge in [-0.1, -0.05) is 89.1 Å². The molecule has 0 saturated carbocycles. The maximum Gasteiger partial charge on any atom is 0.243 e. The van der Waals surface area contributed by atoms with Crippen molar-refractivity contribution in [3.63, 3.8) is 0 Å². The first-order chi connectivity index (χ1) is 16.4. The highest BCUT2D eigenvalue weighted by Crippen LogP contribution is 2.19. The molecular weight excluding hydrogens is 512 g/mol. The lowest BCUT2D eigenvalue weighted by molar-refractivity contribution is -0.141. The van der Waals surface area contributed by atoms with Crippen molar-refractivity contribution in [1.29, 1.82) is 0 Å². The number of nitrogens with one attached hydrogen (secondary N) is 1. The fourth-order valence-electron chi connectivity index (χ4n) is 3.66. The molecule has 0 bridgehead atoms. The van der Waals surface area contributed by atoms with E-state index in [1.165, 1.54) is 0 Å². The second-order valence-corrected chi connectivity index (χ2v) is 9.83. The summed E-state index contributed by atoms with van der Waals surface area (Å²) in [4.78, 5) is 28.8. The third kappa shape index (κ3) is 7.71. The van der Waals surface area contributed by atoms with Gasteiger partial charge in [0.05, 0.1) is 6.42 Å². The first-order valence-corrected chi connectivity index (χ1v) is 12.7. The molecule has 0 spiro atoms. The summed E-state index contributed by atoms with van der Waals surface area (Å²) in [5.74, 6) is -0.245. The highest BCUT2D eigenvalue weighted by molar-refractivity contribution is 9.10. The summed E-state index contributed by atoms with van der Waals surface area (Å²) in [5.41, 5.74) is 2.82. The first-order valence-electron chi connectivity index (χ1n) is 11.5. The summed E-state index contributed by atoms with van der Waals surface area (Å²) < 4.78 is 0.964. The lowest BCUT2D eigenvalue weighted by Gasteiger charge is -2.32. The van der Waals surface area contributed by atoms with E-state index in [0.717, 1.165) is 27.6 Å². The molecule has 1 N–H and O–H groups in total. The molecule has 3 aromatic rings. The minimum Gasteiger partial charge on any atom is -0.352 e. The highest BCUT2D eigenvalue weighted by atomic mass is 79.9. The van der Waals surface area contributed by atoms with Crippen LogP contribution in [0.15, 0.2) is 83.3 Å². The summed E-state index contributed by atoms with van der Waals surface area (Å²) >= 11 is 9.49. The fourth-order valence-corrected chi connectivity index (χ4v) is 4.05. The van der Waals surface area contributed by atoms with E-state index < -0.39 is 6.04 Å². The van der Waals surface area contributed by atoms with Crippen molar-refractivity contribution in [3.05, 3.63) is 105 Å². The maximum absolute atomic E-state index is 13.7. The van der Waals surface area contributed by atoms with Crippen LogP contribution in [0.4, 0.5) is 0 Å². The molecule has 3 rings (SSSR count). The Morgan fingerprint density at radius 2 is 1.53 bits per heavy atom. The van der Waals surface area contributed by atoms with Crippen LogP contribution in [0, 0.1) is 0 Å². The lowest BCUT2D eigenvalue weighted by Crippen LogP contribution is -2.52. The standard InChI is InChI=1S/C28H30BrClN2O2/c1-3-20(2)31-28(34)26(17-21-7-5-4-6-8-21)32(19-23-9-13-24(29)14-10-23)27(33)18-22-11-15-25(30)16-12-22/h4-16,20,26H,3,17-19H2,1-2H3,(H,31,34). The van der Waals surface area contributed by atoms with Gasteiger partial charge in [-0.2, -0.15) is 0 Å². The predicted molar refractivity (Wildman–Crippen MR) is 142 cm³/mol. The Hall–Kier alpha value is -2.63. The van der Waals surface area contributed by atoms with Crippen LogP contribution < -0.4 is 5.32 Å². The molecule has 0 aliphatic rings. The zero-order valence-electron chi connectivity index (χ0n) is 19.5. The molecule has 0 saturated heterocycles. The normalized spacial score (nSPS) is 12.6. The zero-order chi connectivity index (χ0) is 24.5. The fraction of sp³-hybridized carbons (Fsp3) is 0.286. The summed E-state index contributed by atoms with van der Waals surface area (Å²) in [5, 5.41) is 3.72. The van der Waals surface area contributed by atoms with Gasteiger partial charge in [0.2, 0.25) is 11.8 Å². The monoisotopic (exact) mass is 540 g/mol. The largest absolute Gasteiger partial charge is 0.352 e. The number of benzene rings is 3. The number of hydrogen-bond acceptors (Lipinski definition) is 2. The first kappa shape index (κ1) is 26.0. The number of carbonyl (C=O) groups is 2. The van der Waals surface area contributed by atoms with Crippen LogP contribution in [0.1, 0.15) is 37.0 Å². The number of carbonyl (C=O) groups excluding carboxylic acids is 2. The van der Waals surface area contributed by atoms with Crippen LogP contribution in [0.25, 0.3) is 0 Å². The summed E-state index contributed by atoms with van der Waals surface area (Å²) in [6, 6.07) is 24.3. The van der Waals surface area contributed by atoms with Crippen molar-refractivity contribution in [2.75, 3.05) is 0 Å². The average Bonchev–Trinajstić information content (AvgIpc) is 2.84. The van der Waals surface area contributed by atoms with Crippen LogP contribution in [0.5, 0.6) is 0 Å². The number of halogens is 2. The average molecular weight is 542 g/mol. The molecule has 2 unspecified atom stereocenters. The van der Waals surface area contributed by atoms with E-state index >= 15 is 0 Å². The molecule has 34 heavy (non-hydrogen) atoms. The Bertz CT molecular complexity index is 1070. The van der Waals surface area contributed by atoms with Crippen molar-refractivity contribution >= 4 is 39.3 Å². The second kappa shape index (κ2) is 12.7. The van der Waals surface area contributed by atoms with E-state index in [1.807, 2.05) is 80.6 Å². The van der Waals surface area contributed by atoms with Gasteiger partial charge < -0.3 is 10.2 Å². The van der Waals surface area contributed by atoms with E-state index in [0.29, 0.717) is 18.0 Å². The van der Waals surface area contributed by atoms with E-state index in [2.05, 4.69) is 21.2 Å². The number of nitrogens with zero attached hydrogens (tertiary/aromatic N) is 1. The van der Waals surface area contributed by atoms with Crippen LogP contribution in [0.2, 0.25) is 5.02 Å². The molecule has 0 fully saturated rings. The number of hydrogen-bond donors (Lipinski definition) is 1. The minimum absolute atomic E-state index is 0.0201. The summed E-state index contributed by atoms with van der Waals surface area (Å²) in [6.45, 7) is 4.35. The SMILES string of the molecule is CCC(C)NC(=O)C(Cc1ccccc1)N(Cc1ccc(Br)cc1)C(=O)Cc1ccc(Cl)cc1. The minimum atomic E-state index is -0.639. The van der Waals surface area contributed by atoms with Crippen LogP contribution in [-0.2, 0) is 29.0 Å². The molecular formula is C28H30BrClN2O2. The highest BCUT2D eigenvalue weighted by Gasteiger charge is 2.31. The molecule has 0 radical (unpaired) electrons. The zero-order valence-corrected chi connectivity index (χ0v) is 21.9. The van der Waals surface area contributed by atoms with Gasteiger partial charge in [0.1, 0.15) is 6.04 Å². The molecule has 0 heterocycles. The van der Waals surface area contributed by atoms with E-state index in [4.69, 9.17) is 11.6 Å². The maximum atomic E-state index is 13.7. The van der Waals surface area contributed by atoms with Crippen molar-refractivity contribution in [2.45, 2.75) is 51.7 Å². The van der Waals surface area contributed by atoms with E-state index in [9.17, 15) is 9.59 Å². The quantitative estimate of drug-likeness (QED) is 0.332. The molecule has 178 valence electrons. The molecule has 0 aliphatic carbocycles. The smallest absolute Gasteiger partial charge is 0.243 e. The van der Waals surface area contributed by atoms with Crippen LogP contribution in [0.3, 0.4) is 0 Å². The van der Waals surface area contributed by atoms with E-state index in [-0.39, 0.29) is 24.3 Å². The Labute approximate surface area is 215 Å². The van der Waals surface area contributed by atoms with Gasteiger partial charge in [-0.15, -0.1) is 0 Å². The molecule has 2 amide bonds. The molecule has 6 heteroatoms. The lowest BCUT2D eigenvalue weighted by atomic mass is 10.0. The van der Waals surface area contributed by atoms with Gasteiger partial charge >= 0.3 is 0 Å². The molecule has 2 atom stereocenters. The second-order valence-electron chi connectivity index (χ2n) is 8.47. The Morgan fingerprint density at radius 1 is 0.912 bits per heavy atom.